The molecule has 0 unspecified atom stereocenters. The molecule has 0 N–H and O–H groups in total. The second-order valence-corrected chi connectivity index (χ2v) is 7.67. The average Bonchev–Trinajstić information content (AvgIpc) is 3.42. The first-order chi connectivity index (χ1) is 14.1. The zero-order valence-electron chi connectivity index (χ0n) is 15.7. The molecule has 0 bridgehead atoms. The minimum atomic E-state index is -0.395. The molecule has 1 aliphatic rings. The van der Waals surface area contributed by atoms with Gasteiger partial charge in [-0.2, -0.15) is 0 Å². The number of carbonyl (C=O) groups is 2. The molecule has 3 aromatic rings. The summed E-state index contributed by atoms with van der Waals surface area (Å²) in [5.41, 5.74) is 0.490. The van der Waals surface area contributed by atoms with Crippen LogP contribution in [-0.2, 0) is 9.53 Å². The van der Waals surface area contributed by atoms with Gasteiger partial charge in [0.1, 0.15) is 5.82 Å². The fourth-order valence-electron chi connectivity index (χ4n) is 3.38. The number of halogens is 1. The van der Waals surface area contributed by atoms with Crippen LogP contribution in [-0.4, -0.2) is 51.7 Å². The van der Waals surface area contributed by atoms with Crippen LogP contribution in [0.3, 0.4) is 0 Å². The Bertz CT molecular complexity index is 1030. The summed E-state index contributed by atoms with van der Waals surface area (Å²) in [6.45, 7) is 0.864. The summed E-state index contributed by atoms with van der Waals surface area (Å²) in [4.78, 5) is 31.6. The van der Waals surface area contributed by atoms with Crippen LogP contribution in [0.1, 0.15) is 23.5 Å². The molecule has 29 heavy (non-hydrogen) atoms. The topological polar surface area (TPSA) is 77.3 Å². The predicted octanol–water partition coefficient (Wildman–Crippen LogP) is 3.16. The maximum absolute atomic E-state index is 13.7. The second-order valence-electron chi connectivity index (χ2n) is 6.72. The number of thiophene rings is 1. The zero-order valence-corrected chi connectivity index (χ0v) is 16.6. The molecule has 4 rings (SSSR count). The smallest absolute Gasteiger partial charge is 0.308 e. The highest BCUT2D eigenvalue weighted by Crippen LogP contribution is 2.27. The number of amides is 1. The number of aromatic nitrogens is 3. The third kappa shape index (κ3) is 3.91. The lowest BCUT2D eigenvalue weighted by atomic mass is 9.97. The Labute approximate surface area is 170 Å². The van der Waals surface area contributed by atoms with E-state index in [1.54, 1.807) is 17.0 Å². The van der Waals surface area contributed by atoms with Gasteiger partial charge in [0.05, 0.1) is 23.6 Å². The maximum atomic E-state index is 13.7. The van der Waals surface area contributed by atoms with E-state index in [9.17, 15) is 14.0 Å². The highest BCUT2D eigenvalue weighted by molar-refractivity contribution is 7.13. The first-order valence-corrected chi connectivity index (χ1v) is 10.1. The van der Waals surface area contributed by atoms with Crippen LogP contribution in [0.25, 0.3) is 16.4 Å². The lowest BCUT2D eigenvalue weighted by Crippen LogP contribution is -2.41. The largest absolute Gasteiger partial charge is 0.469 e. The quantitative estimate of drug-likeness (QED) is 0.613. The fraction of sp³-hybridized carbons (Fsp3) is 0.300. The van der Waals surface area contributed by atoms with Crippen molar-refractivity contribution in [3.8, 4) is 16.4 Å². The molecule has 1 aromatic carbocycles. The van der Waals surface area contributed by atoms with Crippen LogP contribution in [0.4, 0.5) is 4.39 Å². The number of likely N-dealkylation sites (tertiary alicyclic amines) is 1. The van der Waals surface area contributed by atoms with E-state index < -0.39 is 5.82 Å². The van der Waals surface area contributed by atoms with Crippen molar-refractivity contribution in [3.05, 3.63) is 53.4 Å². The van der Waals surface area contributed by atoms with Crippen molar-refractivity contribution in [2.24, 2.45) is 5.92 Å². The van der Waals surface area contributed by atoms with Crippen LogP contribution in [0.5, 0.6) is 0 Å². The number of hydrogen-bond acceptors (Lipinski definition) is 6. The molecule has 0 spiro atoms. The Morgan fingerprint density at radius 3 is 2.66 bits per heavy atom. The molecule has 7 nitrogen and oxygen atoms in total. The summed E-state index contributed by atoms with van der Waals surface area (Å²) < 4.78 is 20.0. The minimum Gasteiger partial charge on any atom is -0.469 e. The molecule has 9 heteroatoms. The van der Waals surface area contributed by atoms with Gasteiger partial charge in [-0.15, -0.1) is 16.4 Å². The minimum absolute atomic E-state index is 0.0502. The first kappa shape index (κ1) is 19.3. The third-order valence-electron chi connectivity index (χ3n) is 4.91. The summed E-state index contributed by atoms with van der Waals surface area (Å²) in [7, 11) is 1.37. The van der Waals surface area contributed by atoms with Gasteiger partial charge in [0, 0.05) is 13.1 Å². The molecule has 1 fully saturated rings. The van der Waals surface area contributed by atoms with Crippen LogP contribution in [0.15, 0.2) is 41.8 Å². The third-order valence-corrected chi connectivity index (χ3v) is 5.78. The molecule has 3 heterocycles. The Morgan fingerprint density at radius 2 is 2.00 bits per heavy atom. The number of ether oxygens (including phenoxy) is 1. The maximum Gasteiger partial charge on any atom is 0.308 e. The van der Waals surface area contributed by atoms with Crippen LogP contribution < -0.4 is 0 Å². The van der Waals surface area contributed by atoms with Gasteiger partial charge in [0.2, 0.25) is 5.82 Å². The van der Waals surface area contributed by atoms with Gasteiger partial charge in [-0.1, -0.05) is 12.1 Å². The van der Waals surface area contributed by atoms with Gasteiger partial charge in [-0.3, -0.25) is 9.59 Å². The highest BCUT2D eigenvalue weighted by atomic mass is 32.1. The SMILES string of the molecule is COC(=O)C1CCN(C(=O)c2nc(-c3cccs3)n(-c3cccc(F)c3)n2)CC1. The van der Waals surface area contributed by atoms with E-state index in [-0.39, 0.29) is 23.6 Å². The predicted molar refractivity (Wildman–Crippen MR) is 105 cm³/mol. The van der Waals surface area contributed by atoms with Crippen molar-refractivity contribution in [2.45, 2.75) is 12.8 Å². The molecule has 2 aromatic heterocycles. The zero-order chi connectivity index (χ0) is 20.4. The Balaban J connectivity index is 1.62. The molecule has 1 amide bonds. The Hall–Kier alpha value is -3.07. The molecule has 150 valence electrons. The molecular weight excluding hydrogens is 395 g/mol. The van der Waals surface area contributed by atoms with Crippen molar-refractivity contribution in [2.75, 3.05) is 20.2 Å². The van der Waals surface area contributed by atoms with E-state index >= 15 is 0 Å². The summed E-state index contributed by atoms with van der Waals surface area (Å²) in [6, 6.07) is 9.75. The van der Waals surface area contributed by atoms with E-state index in [0.717, 1.165) is 4.88 Å². The molecule has 1 saturated heterocycles. The molecule has 0 atom stereocenters. The van der Waals surface area contributed by atoms with Crippen molar-refractivity contribution >= 4 is 23.2 Å². The van der Waals surface area contributed by atoms with E-state index in [1.165, 1.54) is 35.3 Å². The van der Waals surface area contributed by atoms with Gasteiger partial charge in [0.15, 0.2) is 5.82 Å². The van der Waals surface area contributed by atoms with Crippen molar-refractivity contribution in [3.63, 3.8) is 0 Å². The normalized spacial score (nSPS) is 14.8. The molecule has 0 radical (unpaired) electrons. The molecular formula is C20H19FN4O3S. The Morgan fingerprint density at radius 1 is 1.21 bits per heavy atom. The standard InChI is InChI=1S/C20H19FN4O3S/c1-28-20(27)13-7-9-24(10-8-13)19(26)17-22-18(16-6-3-11-29-16)25(23-17)15-5-2-4-14(21)12-15/h2-6,11-13H,7-10H2,1H3. The van der Waals surface area contributed by atoms with Gasteiger partial charge < -0.3 is 9.64 Å². The van der Waals surface area contributed by atoms with Crippen LogP contribution >= 0.6 is 11.3 Å². The van der Waals surface area contributed by atoms with E-state index in [2.05, 4.69) is 10.1 Å². The number of rotatable bonds is 4. The van der Waals surface area contributed by atoms with Crippen LogP contribution in [0, 0.1) is 11.7 Å². The highest BCUT2D eigenvalue weighted by Gasteiger charge is 2.30. The van der Waals surface area contributed by atoms with Gasteiger partial charge in [0.25, 0.3) is 5.91 Å². The number of benzene rings is 1. The van der Waals surface area contributed by atoms with Crippen molar-refractivity contribution < 1.29 is 18.7 Å². The molecule has 1 aliphatic heterocycles. The van der Waals surface area contributed by atoms with E-state index in [1.807, 2.05) is 17.5 Å². The van der Waals surface area contributed by atoms with E-state index in [4.69, 9.17) is 4.74 Å². The van der Waals surface area contributed by atoms with Crippen LogP contribution in [0.2, 0.25) is 0 Å². The Kier molecular flexibility index (Phi) is 5.39. The monoisotopic (exact) mass is 414 g/mol. The summed E-state index contributed by atoms with van der Waals surface area (Å²) in [6.07, 6.45) is 1.08. The molecule has 0 aliphatic carbocycles. The summed E-state index contributed by atoms with van der Waals surface area (Å²) in [5, 5.41) is 6.29. The van der Waals surface area contributed by atoms with Gasteiger partial charge >= 0.3 is 5.97 Å². The average molecular weight is 414 g/mol. The van der Waals surface area contributed by atoms with Gasteiger partial charge in [-0.05, 0) is 42.5 Å². The number of carbonyl (C=O) groups excluding carboxylic acids is 2. The summed E-state index contributed by atoms with van der Waals surface area (Å²) >= 11 is 1.46. The number of hydrogen-bond donors (Lipinski definition) is 0. The number of piperidine rings is 1. The lowest BCUT2D eigenvalue weighted by Gasteiger charge is -2.29. The van der Waals surface area contributed by atoms with E-state index in [0.29, 0.717) is 37.4 Å². The number of esters is 1. The van der Waals surface area contributed by atoms with Gasteiger partial charge in [-0.25, -0.2) is 14.1 Å². The second kappa shape index (κ2) is 8.12. The van der Waals surface area contributed by atoms with Crippen molar-refractivity contribution in [1.29, 1.82) is 0 Å². The lowest BCUT2D eigenvalue weighted by molar-refractivity contribution is -0.146. The fourth-order valence-corrected chi connectivity index (χ4v) is 4.08. The molecule has 0 saturated carbocycles. The summed E-state index contributed by atoms with van der Waals surface area (Å²) in [5.74, 6) is -0.601. The van der Waals surface area contributed by atoms with Crippen molar-refractivity contribution in [1.82, 2.24) is 19.7 Å². The first-order valence-electron chi connectivity index (χ1n) is 9.21. The number of methoxy groups -OCH3 is 1. The number of nitrogens with zero attached hydrogens (tertiary/aromatic N) is 4.